The first kappa shape index (κ1) is 12.7. The first-order valence-electron chi connectivity index (χ1n) is 6.21. The van der Waals surface area contributed by atoms with Crippen LogP contribution in [0, 0.1) is 11.7 Å². The van der Waals surface area contributed by atoms with Crippen LogP contribution in [0.25, 0.3) is 11.4 Å². The summed E-state index contributed by atoms with van der Waals surface area (Å²) in [5.74, 6) is 0.814. The number of hydrogen-bond donors (Lipinski definition) is 1. The van der Waals surface area contributed by atoms with Crippen LogP contribution in [0.15, 0.2) is 43.0 Å². The molecule has 3 aromatic heterocycles. The molecule has 0 aliphatic heterocycles. The van der Waals surface area contributed by atoms with Gasteiger partial charge < -0.3 is 0 Å². The van der Waals surface area contributed by atoms with Crippen LogP contribution >= 0.6 is 12.2 Å². The highest BCUT2D eigenvalue weighted by Gasteiger charge is 2.10. The molecule has 0 radical (unpaired) electrons. The standard InChI is InChI=1S/C14H13N5S/c1-10-8-16-7-4-12(10)9-19-13(17-18-14(19)20)11-2-5-15-6-3-11/h2-8H,9H2,1H3,(H,18,20). The third-order valence-electron chi connectivity index (χ3n) is 3.16. The molecular formula is C14H13N5S. The fourth-order valence-corrected chi connectivity index (χ4v) is 2.23. The molecular weight excluding hydrogens is 270 g/mol. The average Bonchev–Trinajstić information content (AvgIpc) is 2.84. The Kier molecular flexibility index (Phi) is 3.39. The molecule has 3 heterocycles. The van der Waals surface area contributed by atoms with Gasteiger partial charge >= 0.3 is 0 Å². The summed E-state index contributed by atoms with van der Waals surface area (Å²) in [5, 5.41) is 7.17. The minimum atomic E-state index is 0.605. The summed E-state index contributed by atoms with van der Waals surface area (Å²) in [7, 11) is 0. The van der Waals surface area contributed by atoms with Gasteiger partial charge in [-0.2, -0.15) is 5.10 Å². The second-order valence-electron chi connectivity index (χ2n) is 4.48. The van der Waals surface area contributed by atoms with Gasteiger partial charge in [-0.05, 0) is 48.5 Å². The fourth-order valence-electron chi connectivity index (χ4n) is 2.04. The number of aryl methyl sites for hydroxylation is 1. The molecule has 0 bridgehead atoms. The molecule has 3 aromatic rings. The van der Waals surface area contributed by atoms with Gasteiger partial charge in [0.1, 0.15) is 0 Å². The molecule has 100 valence electrons. The Labute approximate surface area is 121 Å². The van der Waals surface area contributed by atoms with Gasteiger partial charge in [-0.3, -0.25) is 19.6 Å². The molecule has 0 saturated carbocycles. The minimum Gasteiger partial charge on any atom is -0.296 e. The van der Waals surface area contributed by atoms with Crippen molar-refractivity contribution in [3.05, 3.63) is 58.9 Å². The Morgan fingerprint density at radius 3 is 2.65 bits per heavy atom. The number of nitrogens with zero attached hydrogens (tertiary/aromatic N) is 4. The number of rotatable bonds is 3. The summed E-state index contributed by atoms with van der Waals surface area (Å²) in [6.07, 6.45) is 7.13. The van der Waals surface area contributed by atoms with Crippen molar-refractivity contribution in [3.8, 4) is 11.4 Å². The van der Waals surface area contributed by atoms with Crippen molar-refractivity contribution in [3.63, 3.8) is 0 Å². The molecule has 3 rings (SSSR count). The van der Waals surface area contributed by atoms with Crippen molar-refractivity contribution in [1.82, 2.24) is 24.7 Å². The quantitative estimate of drug-likeness (QED) is 0.751. The molecule has 5 nitrogen and oxygen atoms in total. The third kappa shape index (κ3) is 2.37. The zero-order valence-electron chi connectivity index (χ0n) is 10.9. The predicted molar refractivity (Wildman–Crippen MR) is 78.7 cm³/mol. The lowest BCUT2D eigenvalue weighted by molar-refractivity contribution is 0.783. The fraction of sp³-hybridized carbons (Fsp3) is 0.143. The van der Waals surface area contributed by atoms with Crippen LogP contribution in [0.3, 0.4) is 0 Å². The molecule has 0 saturated heterocycles. The maximum atomic E-state index is 5.33. The lowest BCUT2D eigenvalue weighted by Gasteiger charge is -2.08. The predicted octanol–water partition coefficient (Wildman–Crippen LogP) is 2.75. The van der Waals surface area contributed by atoms with Crippen LogP contribution in [-0.4, -0.2) is 24.7 Å². The first-order valence-corrected chi connectivity index (χ1v) is 6.61. The van der Waals surface area contributed by atoms with Crippen molar-refractivity contribution < 1.29 is 0 Å². The number of H-pyrrole nitrogens is 1. The Morgan fingerprint density at radius 1 is 1.15 bits per heavy atom. The average molecular weight is 283 g/mol. The topological polar surface area (TPSA) is 59.4 Å². The summed E-state index contributed by atoms with van der Waals surface area (Å²) in [4.78, 5) is 8.13. The summed E-state index contributed by atoms with van der Waals surface area (Å²) in [6.45, 7) is 2.71. The first-order chi connectivity index (χ1) is 9.75. The van der Waals surface area contributed by atoms with E-state index in [1.807, 2.05) is 35.9 Å². The van der Waals surface area contributed by atoms with Crippen LogP contribution < -0.4 is 0 Å². The summed E-state index contributed by atoms with van der Waals surface area (Å²) in [6, 6.07) is 5.84. The van der Waals surface area contributed by atoms with Gasteiger partial charge in [0.15, 0.2) is 10.6 Å². The van der Waals surface area contributed by atoms with E-state index >= 15 is 0 Å². The van der Waals surface area contributed by atoms with E-state index in [1.165, 1.54) is 5.56 Å². The molecule has 0 amide bonds. The largest absolute Gasteiger partial charge is 0.296 e. The molecule has 1 N–H and O–H groups in total. The molecule has 0 atom stereocenters. The van der Waals surface area contributed by atoms with E-state index in [1.54, 1.807) is 18.6 Å². The number of nitrogens with one attached hydrogen (secondary N) is 1. The van der Waals surface area contributed by atoms with Gasteiger partial charge in [0.05, 0.1) is 6.54 Å². The van der Waals surface area contributed by atoms with E-state index < -0.39 is 0 Å². The SMILES string of the molecule is Cc1cnccc1Cn1c(-c2ccncc2)n[nH]c1=S. The van der Waals surface area contributed by atoms with Gasteiger partial charge in [0.2, 0.25) is 0 Å². The van der Waals surface area contributed by atoms with E-state index in [4.69, 9.17) is 12.2 Å². The minimum absolute atomic E-state index is 0.605. The number of hydrogen-bond acceptors (Lipinski definition) is 4. The zero-order valence-corrected chi connectivity index (χ0v) is 11.8. The van der Waals surface area contributed by atoms with Crippen molar-refractivity contribution in [2.45, 2.75) is 13.5 Å². The molecule has 0 spiro atoms. The van der Waals surface area contributed by atoms with E-state index in [-0.39, 0.29) is 0 Å². The van der Waals surface area contributed by atoms with E-state index in [0.717, 1.165) is 17.0 Å². The van der Waals surface area contributed by atoms with Gasteiger partial charge in [0, 0.05) is 30.4 Å². The van der Waals surface area contributed by atoms with Crippen molar-refractivity contribution in [2.24, 2.45) is 0 Å². The Hall–Kier alpha value is -2.34. The van der Waals surface area contributed by atoms with E-state index in [2.05, 4.69) is 20.2 Å². The highest BCUT2D eigenvalue weighted by atomic mass is 32.1. The molecule has 0 aliphatic carbocycles. The smallest absolute Gasteiger partial charge is 0.195 e. The maximum Gasteiger partial charge on any atom is 0.195 e. The summed E-state index contributed by atoms with van der Waals surface area (Å²) >= 11 is 5.33. The number of pyridine rings is 2. The monoisotopic (exact) mass is 283 g/mol. The maximum absolute atomic E-state index is 5.33. The number of aromatic amines is 1. The van der Waals surface area contributed by atoms with Gasteiger partial charge in [-0.15, -0.1) is 0 Å². The Bertz CT molecular complexity index is 776. The van der Waals surface area contributed by atoms with E-state index in [9.17, 15) is 0 Å². The molecule has 0 fully saturated rings. The van der Waals surface area contributed by atoms with Crippen LogP contribution in [0.4, 0.5) is 0 Å². The molecule has 0 unspecified atom stereocenters. The van der Waals surface area contributed by atoms with Gasteiger partial charge in [-0.1, -0.05) is 0 Å². The third-order valence-corrected chi connectivity index (χ3v) is 3.47. The highest BCUT2D eigenvalue weighted by Crippen LogP contribution is 2.18. The van der Waals surface area contributed by atoms with Crippen molar-refractivity contribution in [1.29, 1.82) is 0 Å². The molecule has 0 aliphatic rings. The molecule has 0 aromatic carbocycles. The lowest BCUT2D eigenvalue weighted by atomic mass is 10.1. The van der Waals surface area contributed by atoms with Crippen molar-refractivity contribution in [2.75, 3.05) is 0 Å². The summed E-state index contributed by atoms with van der Waals surface area (Å²) < 4.78 is 2.58. The second-order valence-corrected chi connectivity index (χ2v) is 4.86. The zero-order chi connectivity index (χ0) is 13.9. The Morgan fingerprint density at radius 2 is 1.90 bits per heavy atom. The number of aromatic nitrogens is 5. The van der Waals surface area contributed by atoms with Crippen LogP contribution in [0.2, 0.25) is 0 Å². The van der Waals surface area contributed by atoms with Gasteiger partial charge in [-0.25, -0.2) is 0 Å². The van der Waals surface area contributed by atoms with Crippen molar-refractivity contribution >= 4 is 12.2 Å². The second kappa shape index (κ2) is 5.34. The Balaban J connectivity index is 2.05. The van der Waals surface area contributed by atoms with Crippen LogP contribution in [0.1, 0.15) is 11.1 Å². The van der Waals surface area contributed by atoms with E-state index in [0.29, 0.717) is 11.3 Å². The molecule has 6 heteroatoms. The van der Waals surface area contributed by atoms with Crippen LogP contribution in [-0.2, 0) is 6.54 Å². The lowest BCUT2D eigenvalue weighted by Crippen LogP contribution is -2.04. The van der Waals surface area contributed by atoms with Crippen LogP contribution in [0.5, 0.6) is 0 Å². The highest BCUT2D eigenvalue weighted by molar-refractivity contribution is 7.71. The summed E-state index contributed by atoms with van der Waals surface area (Å²) in [5.41, 5.74) is 3.29. The normalized spacial score (nSPS) is 10.7. The molecule has 20 heavy (non-hydrogen) atoms. The van der Waals surface area contributed by atoms with Gasteiger partial charge in [0.25, 0.3) is 0 Å².